The summed E-state index contributed by atoms with van der Waals surface area (Å²) in [6.45, 7) is 3.96. The number of aromatic nitrogens is 1. The maximum atomic E-state index is 11.7. The van der Waals surface area contributed by atoms with Crippen LogP contribution in [0.1, 0.15) is 19.4 Å². The van der Waals surface area contributed by atoms with Crippen molar-refractivity contribution in [3.8, 4) is 17.2 Å². The van der Waals surface area contributed by atoms with Gasteiger partial charge in [-0.2, -0.15) is 0 Å². The van der Waals surface area contributed by atoms with Crippen molar-refractivity contribution >= 4 is 39.3 Å². The molecule has 8 heteroatoms. The Balaban J connectivity index is 1.70. The Bertz CT molecular complexity index is 1350. The number of pyridine rings is 1. The molecule has 1 aromatic heterocycles. The number of nitrogens with one attached hydrogen (secondary N) is 2. The SMILES string of the molecule is COc1ccc2c(Nc3ccc(COC(=O)NC(C)C)cc3)c3cc(OC)c(OC)cc3nc2c1. The van der Waals surface area contributed by atoms with Crippen molar-refractivity contribution in [1.29, 1.82) is 0 Å². The molecule has 0 aliphatic rings. The van der Waals surface area contributed by atoms with Gasteiger partial charge in [0, 0.05) is 34.6 Å². The van der Waals surface area contributed by atoms with Gasteiger partial charge in [0.05, 0.1) is 38.1 Å². The zero-order valence-electron chi connectivity index (χ0n) is 20.5. The lowest BCUT2D eigenvalue weighted by Gasteiger charge is -2.16. The van der Waals surface area contributed by atoms with E-state index in [4.69, 9.17) is 23.9 Å². The lowest BCUT2D eigenvalue weighted by atomic mass is 10.1. The van der Waals surface area contributed by atoms with E-state index in [9.17, 15) is 4.79 Å². The number of hydrogen-bond acceptors (Lipinski definition) is 7. The van der Waals surface area contributed by atoms with Crippen LogP contribution in [0.15, 0.2) is 54.6 Å². The van der Waals surface area contributed by atoms with E-state index in [-0.39, 0.29) is 12.6 Å². The van der Waals surface area contributed by atoms with Gasteiger partial charge < -0.3 is 29.6 Å². The number of carbonyl (C=O) groups is 1. The molecule has 182 valence electrons. The van der Waals surface area contributed by atoms with E-state index in [0.29, 0.717) is 11.5 Å². The monoisotopic (exact) mass is 475 g/mol. The molecule has 0 aliphatic carbocycles. The van der Waals surface area contributed by atoms with Crippen molar-refractivity contribution in [2.24, 2.45) is 0 Å². The minimum atomic E-state index is -0.434. The number of methoxy groups -OCH3 is 3. The van der Waals surface area contributed by atoms with Crippen LogP contribution < -0.4 is 24.8 Å². The summed E-state index contributed by atoms with van der Waals surface area (Å²) in [5.41, 5.74) is 4.18. The number of alkyl carbamates (subject to hydrolysis) is 1. The zero-order valence-corrected chi connectivity index (χ0v) is 20.5. The van der Waals surface area contributed by atoms with Gasteiger partial charge >= 0.3 is 6.09 Å². The summed E-state index contributed by atoms with van der Waals surface area (Å²) >= 11 is 0. The molecule has 0 bridgehead atoms. The summed E-state index contributed by atoms with van der Waals surface area (Å²) in [5, 5.41) is 8.07. The second kappa shape index (κ2) is 10.4. The maximum Gasteiger partial charge on any atom is 0.407 e. The zero-order chi connectivity index (χ0) is 24.9. The van der Waals surface area contributed by atoms with Gasteiger partial charge in [0.1, 0.15) is 12.4 Å². The number of fused-ring (bicyclic) bond motifs is 2. The Morgan fingerprint density at radius 3 is 2.20 bits per heavy atom. The Hall–Kier alpha value is -4.20. The standard InChI is InChI=1S/C27H29N3O5/c1-16(2)28-27(31)35-15-17-6-8-18(9-7-17)29-26-20-11-10-19(32-3)12-22(20)30-23-14-25(34-5)24(33-4)13-21(23)26/h6-14,16H,15H2,1-5H3,(H,28,31)(H,29,30). The minimum Gasteiger partial charge on any atom is -0.497 e. The van der Waals surface area contributed by atoms with E-state index >= 15 is 0 Å². The van der Waals surface area contributed by atoms with Gasteiger partial charge in [0.15, 0.2) is 11.5 Å². The molecule has 8 nitrogen and oxygen atoms in total. The van der Waals surface area contributed by atoms with Gasteiger partial charge in [-0.15, -0.1) is 0 Å². The fourth-order valence-electron chi connectivity index (χ4n) is 3.77. The third kappa shape index (κ3) is 5.32. The Morgan fingerprint density at radius 1 is 0.857 bits per heavy atom. The van der Waals surface area contributed by atoms with Gasteiger partial charge in [-0.3, -0.25) is 0 Å². The summed E-state index contributed by atoms with van der Waals surface area (Å²) in [5.74, 6) is 1.94. The molecular weight excluding hydrogens is 446 g/mol. The number of anilines is 2. The molecule has 0 fully saturated rings. The molecule has 3 aromatic carbocycles. The van der Waals surface area contributed by atoms with Gasteiger partial charge in [-0.1, -0.05) is 12.1 Å². The minimum absolute atomic E-state index is 0.0256. The Morgan fingerprint density at radius 2 is 1.54 bits per heavy atom. The Labute approximate surface area is 204 Å². The number of ether oxygens (including phenoxy) is 4. The molecule has 0 unspecified atom stereocenters. The van der Waals surface area contributed by atoms with Crippen molar-refractivity contribution in [1.82, 2.24) is 10.3 Å². The molecule has 0 atom stereocenters. The first kappa shape index (κ1) is 23.9. The highest BCUT2D eigenvalue weighted by molar-refractivity contribution is 6.09. The van der Waals surface area contributed by atoms with Crippen LogP contribution in [-0.4, -0.2) is 38.4 Å². The number of nitrogens with zero attached hydrogens (tertiary/aromatic N) is 1. The Kier molecular flexibility index (Phi) is 7.10. The number of amides is 1. The van der Waals surface area contributed by atoms with Crippen LogP contribution in [0.25, 0.3) is 21.8 Å². The average molecular weight is 476 g/mol. The van der Waals surface area contributed by atoms with E-state index in [1.165, 1.54) is 0 Å². The van der Waals surface area contributed by atoms with Crippen molar-refractivity contribution in [2.45, 2.75) is 26.5 Å². The fraction of sp³-hybridized carbons (Fsp3) is 0.259. The summed E-state index contributed by atoms with van der Waals surface area (Å²) in [4.78, 5) is 16.6. The predicted octanol–water partition coefficient (Wildman–Crippen LogP) is 5.79. The first-order chi connectivity index (χ1) is 16.9. The summed E-state index contributed by atoms with van der Waals surface area (Å²) < 4.78 is 21.7. The lowest BCUT2D eigenvalue weighted by Crippen LogP contribution is -2.30. The highest BCUT2D eigenvalue weighted by atomic mass is 16.5. The van der Waals surface area contributed by atoms with E-state index in [1.54, 1.807) is 21.3 Å². The molecule has 4 rings (SSSR count). The van der Waals surface area contributed by atoms with Crippen LogP contribution in [0.3, 0.4) is 0 Å². The van der Waals surface area contributed by atoms with Gasteiger partial charge in [-0.05, 0) is 49.7 Å². The third-order valence-electron chi connectivity index (χ3n) is 5.49. The van der Waals surface area contributed by atoms with Crippen molar-refractivity contribution in [2.75, 3.05) is 26.6 Å². The van der Waals surface area contributed by atoms with Gasteiger partial charge in [0.2, 0.25) is 0 Å². The maximum absolute atomic E-state index is 11.7. The van der Waals surface area contributed by atoms with Crippen molar-refractivity contribution in [3.63, 3.8) is 0 Å². The molecule has 0 spiro atoms. The highest BCUT2D eigenvalue weighted by Gasteiger charge is 2.15. The average Bonchev–Trinajstić information content (AvgIpc) is 2.86. The second-order valence-electron chi connectivity index (χ2n) is 8.29. The van der Waals surface area contributed by atoms with E-state index in [2.05, 4.69) is 10.6 Å². The van der Waals surface area contributed by atoms with Crippen LogP contribution in [0.5, 0.6) is 17.2 Å². The smallest absolute Gasteiger partial charge is 0.407 e. The molecule has 1 heterocycles. The quantitative estimate of drug-likeness (QED) is 0.312. The first-order valence-corrected chi connectivity index (χ1v) is 11.2. The van der Waals surface area contributed by atoms with Crippen LogP contribution in [-0.2, 0) is 11.3 Å². The van der Waals surface area contributed by atoms with Crippen LogP contribution in [0.2, 0.25) is 0 Å². The molecule has 4 aromatic rings. The number of rotatable bonds is 8. The number of carbonyl (C=O) groups excluding carboxylic acids is 1. The van der Waals surface area contributed by atoms with Crippen LogP contribution in [0.4, 0.5) is 16.2 Å². The topological polar surface area (TPSA) is 90.9 Å². The molecule has 0 radical (unpaired) electrons. The third-order valence-corrected chi connectivity index (χ3v) is 5.49. The number of benzene rings is 3. The molecule has 0 saturated heterocycles. The summed E-state index contributed by atoms with van der Waals surface area (Å²) in [6.07, 6.45) is -0.434. The lowest BCUT2D eigenvalue weighted by molar-refractivity contribution is 0.137. The normalized spacial score (nSPS) is 10.9. The predicted molar refractivity (Wildman–Crippen MR) is 137 cm³/mol. The second-order valence-corrected chi connectivity index (χ2v) is 8.29. The molecule has 1 amide bonds. The summed E-state index contributed by atoms with van der Waals surface area (Å²) in [7, 11) is 4.84. The molecular formula is C27H29N3O5. The van der Waals surface area contributed by atoms with Gasteiger partial charge in [-0.25, -0.2) is 9.78 Å². The van der Waals surface area contributed by atoms with E-state index in [1.807, 2.05) is 68.4 Å². The fourth-order valence-corrected chi connectivity index (χ4v) is 3.77. The van der Waals surface area contributed by atoms with Crippen LogP contribution in [0, 0.1) is 0 Å². The van der Waals surface area contributed by atoms with Crippen molar-refractivity contribution in [3.05, 3.63) is 60.2 Å². The van der Waals surface area contributed by atoms with Crippen molar-refractivity contribution < 1.29 is 23.7 Å². The number of hydrogen-bond donors (Lipinski definition) is 2. The van der Waals surface area contributed by atoms with E-state index < -0.39 is 6.09 Å². The largest absolute Gasteiger partial charge is 0.497 e. The molecule has 2 N–H and O–H groups in total. The summed E-state index contributed by atoms with van der Waals surface area (Å²) in [6, 6.07) is 17.3. The molecule has 0 saturated carbocycles. The van der Waals surface area contributed by atoms with E-state index in [0.717, 1.165) is 44.5 Å². The molecule has 0 aliphatic heterocycles. The van der Waals surface area contributed by atoms with Gasteiger partial charge in [0.25, 0.3) is 0 Å². The highest BCUT2D eigenvalue weighted by Crippen LogP contribution is 2.39. The first-order valence-electron chi connectivity index (χ1n) is 11.2. The molecule has 35 heavy (non-hydrogen) atoms. The van der Waals surface area contributed by atoms with Crippen LogP contribution >= 0.6 is 0 Å².